The second-order valence-electron chi connectivity index (χ2n) is 3.26. The smallest absolute Gasteiger partial charge is 0.335 e. The van der Waals surface area contributed by atoms with Crippen molar-refractivity contribution in [2.75, 3.05) is 5.43 Å². The van der Waals surface area contributed by atoms with E-state index in [9.17, 15) is 14.3 Å². The lowest BCUT2D eigenvalue weighted by atomic mass is 10.2. The van der Waals surface area contributed by atoms with Gasteiger partial charge in [-0.25, -0.2) is 9.18 Å². The number of aromatic hydroxyl groups is 1. The van der Waals surface area contributed by atoms with Crippen LogP contribution in [0.15, 0.2) is 17.2 Å². The first-order valence-corrected chi connectivity index (χ1v) is 4.70. The summed E-state index contributed by atoms with van der Waals surface area (Å²) < 4.78 is 13.2. The molecule has 0 aliphatic rings. The van der Waals surface area contributed by atoms with E-state index in [1.54, 1.807) is 0 Å². The summed E-state index contributed by atoms with van der Waals surface area (Å²) in [6.45, 7) is 0. The van der Waals surface area contributed by atoms with Crippen LogP contribution in [0.3, 0.4) is 0 Å². The zero-order valence-corrected chi connectivity index (χ0v) is 9.31. The Labute approximate surface area is 106 Å². The molecule has 0 bridgehead atoms. The molecule has 0 saturated heterocycles. The summed E-state index contributed by atoms with van der Waals surface area (Å²) in [7, 11) is 0. The number of carboxylic acid groups (broad SMARTS) is 1. The fourth-order valence-electron chi connectivity index (χ4n) is 1.07. The number of carbonyl (C=O) groups is 1. The number of anilines is 1. The number of hydrogen-bond donors (Lipinski definition) is 5. The lowest BCUT2D eigenvalue weighted by Crippen LogP contribution is -2.21. The number of aromatic carboxylic acids is 1. The topological polar surface area (TPSA) is 156 Å². The van der Waals surface area contributed by atoms with Crippen molar-refractivity contribution in [1.29, 1.82) is 10.7 Å². The summed E-state index contributed by atoms with van der Waals surface area (Å²) in [6, 6.07) is 3.03. The number of hydrazone groups is 1. The molecule has 0 spiro atoms. The first-order valence-electron chi connectivity index (χ1n) is 4.70. The van der Waals surface area contributed by atoms with Gasteiger partial charge in [0.05, 0.1) is 5.56 Å². The molecule has 0 radical (unpaired) electrons. The van der Waals surface area contributed by atoms with Gasteiger partial charge < -0.3 is 15.9 Å². The molecule has 6 N–H and O–H groups in total. The first-order chi connectivity index (χ1) is 8.86. The highest BCUT2D eigenvalue weighted by atomic mass is 19.1. The van der Waals surface area contributed by atoms with Crippen molar-refractivity contribution < 1.29 is 19.4 Å². The Bertz CT molecular complexity index is 620. The number of rotatable bonds is 4. The van der Waals surface area contributed by atoms with Crippen molar-refractivity contribution >= 4 is 23.2 Å². The van der Waals surface area contributed by atoms with Crippen molar-refractivity contribution in [2.45, 2.75) is 0 Å². The second kappa shape index (κ2) is 5.46. The number of halogens is 1. The average Bonchev–Trinajstić information content (AvgIpc) is 2.34. The standard InChI is InChI=1S/C10H8FN5O3/c11-5-1-4(10(18)19)2-6(8(5)17)15-16-7(3-12)9(13)14/h1-2,15,17H,(H3,13,14)(H,18,19)/b16-7+. The van der Waals surface area contributed by atoms with Gasteiger partial charge in [-0.3, -0.25) is 10.8 Å². The lowest BCUT2D eigenvalue weighted by Gasteiger charge is -2.06. The van der Waals surface area contributed by atoms with Crippen LogP contribution in [-0.2, 0) is 0 Å². The molecular formula is C10H8FN5O3. The molecule has 0 fully saturated rings. The van der Waals surface area contributed by atoms with Crippen LogP contribution in [0.5, 0.6) is 5.75 Å². The molecule has 9 heteroatoms. The predicted molar refractivity (Wildman–Crippen MR) is 63.6 cm³/mol. The summed E-state index contributed by atoms with van der Waals surface area (Å²) >= 11 is 0. The largest absolute Gasteiger partial charge is 0.503 e. The third kappa shape index (κ3) is 3.16. The highest BCUT2D eigenvalue weighted by Crippen LogP contribution is 2.28. The van der Waals surface area contributed by atoms with E-state index in [1.165, 1.54) is 6.07 Å². The summed E-state index contributed by atoms with van der Waals surface area (Å²) in [6.07, 6.45) is 0. The van der Waals surface area contributed by atoms with E-state index < -0.39 is 34.6 Å². The Kier molecular flexibility index (Phi) is 4.00. The number of hydrogen-bond acceptors (Lipinski definition) is 6. The number of nitrogens with one attached hydrogen (secondary N) is 2. The average molecular weight is 265 g/mol. The fourth-order valence-corrected chi connectivity index (χ4v) is 1.07. The Morgan fingerprint density at radius 1 is 1.58 bits per heavy atom. The molecule has 0 unspecified atom stereocenters. The Morgan fingerprint density at radius 3 is 2.68 bits per heavy atom. The summed E-state index contributed by atoms with van der Waals surface area (Å²) in [5.74, 6) is -4.07. The van der Waals surface area contributed by atoms with Gasteiger partial charge in [0.1, 0.15) is 11.8 Å². The Hall–Kier alpha value is -3.15. The minimum absolute atomic E-state index is 0.369. The number of amidine groups is 1. The molecule has 98 valence electrons. The van der Waals surface area contributed by atoms with Crippen molar-refractivity contribution in [1.82, 2.24) is 0 Å². The third-order valence-electron chi connectivity index (χ3n) is 1.96. The summed E-state index contributed by atoms with van der Waals surface area (Å²) in [5, 5.41) is 37.0. The fraction of sp³-hybridized carbons (Fsp3) is 0. The van der Waals surface area contributed by atoms with E-state index in [4.69, 9.17) is 21.5 Å². The zero-order chi connectivity index (χ0) is 14.6. The first kappa shape index (κ1) is 13.9. The molecule has 1 aromatic rings. The van der Waals surface area contributed by atoms with Crippen molar-refractivity contribution in [3.8, 4) is 11.8 Å². The number of nitrogens with two attached hydrogens (primary N) is 1. The molecule has 19 heavy (non-hydrogen) atoms. The maximum Gasteiger partial charge on any atom is 0.335 e. The quantitative estimate of drug-likeness (QED) is 0.230. The highest BCUT2D eigenvalue weighted by Gasteiger charge is 2.14. The van der Waals surface area contributed by atoms with Crippen LogP contribution in [0.25, 0.3) is 0 Å². The van der Waals surface area contributed by atoms with Crippen LogP contribution in [0, 0.1) is 22.6 Å². The van der Waals surface area contributed by atoms with Crippen LogP contribution < -0.4 is 11.2 Å². The highest BCUT2D eigenvalue weighted by molar-refractivity contribution is 6.45. The minimum Gasteiger partial charge on any atom is -0.503 e. The number of phenols is 1. The molecule has 0 saturated carbocycles. The van der Waals surface area contributed by atoms with E-state index in [0.717, 1.165) is 6.07 Å². The molecule has 0 heterocycles. The molecule has 1 aromatic carbocycles. The van der Waals surface area contributed by atoms with E-state index in [0.29, 0.717) is 6.07 Å². The van der Waals surface area contributed by atoms with Gasteiger partial charge in [0, 0.05) is 0 Å². The molecule has 8 nitrogen and oxygen atoms in total. The molecule has 0 aliphatic carbocycles. The Balaban J connectivity index is 3.18. The lowest BCUT2D eigenvalue weighted by molar-refractivity contribution is 0.0696. The van der Waals surface area contributed by atoms with E-state index >= 15 is 0 Å². The Morgan fingerprint density at radius 2 is 2.21 bits per heavy atom. The molecular weight excluding hydrogens is 257 g/mol. The van der Waals surface area contributed by atoms with Crippen molar-refractivity contribution in [2.24, 2.45) is 10.8 Å². The van der Waals surface area contributed by atoms with Gasteiger partial charge in [-0.05, 0) is 12.1 Å². The van der Waals surface area contributed by atoms with Crippen molar-refractivity contribution in [3.63, 3.8) is 0 Å². The monoisotopic (exact) mass is 265 g/mol. The van der Waals surface area contributed by atoms with Crippen LogP contribution in [0.1, 0.15) is 10.4 Å². The molecule has 0 aliphatic heterocycles. The second-order valence-corrected chi connectivity index (χ2v) is 3.26. The maximum atomic E-state index is 13.2. The minimum atomic E-state index is -1.40. The molecule has 1 rings (SSSR count). The van der Waals surface area contributed by atoms with Gasteiger partial charge in [-0.15, -0.1) is 0 Å². The SMILES string of the molecule is N#C/C(=N\Nc1cc(C(=O)O)cc(F)c1O)C(=N)N. The number of carboxylic acids is 1. The van der Waals surface area contributed by atoms with Crippen LogP contribution >= 0.6 is 0 Å². The van der Waals surface area contributed by atoms with Gasteiger partial charge in [0.25, 0.3) is 0 Å². The zero-order valence-electron chi connectivity index (χ0n) is 9.31. The van der Waals surface area contributed by atoms with Crippen LogP contribution in [0.4, 0.5) is 10.1 Å². The molecule has 0 amide bonds. The van der Waals surface area contributed by atoms with E-state index in [-0.39, 0.29) is 5.69 Å². The molecule has 0 atom stereocenters. The number of nitrogens with zero attached hydrogens (tertiary/aromatic N) is 2. The van der Waals surface area contributed by atoms with E-state index in [1.807, 2.05) is 0 Å². The van der Waals surface area contributed by atoms with Gasteiger partial charge >= 0.3 is 5.97 Å². The summed E-state index contributed by atoms with van der Waals surface area (Å²) in [5.41, 5.74) is 5.80. The summed E-state index contributed by atoms with van der Waals surface area (Å²) in [4.78, 5) is 10.7. The van der Waals surface area contributed by atoms with Gasteiger partial charge in [0.2, 0.25) is 5.71 Å². The number of nitriles is 1. The van der Waals surface area contributed by atoms with Gasteiger partial charge in [0.15, 0.2) is 17.4 Å². The van der Waals surface area contributed by atoms with Crippen LogP contribution in [0.2, 0.25) is 0 Å². The predicted octanol–water partition coefficient (Wildman–Crippen LogP) is 0.457. The maximum absolute atomic E-state index is 13.2. The normalized spacial score (nSPS) is 10.6. The number of benzene rings is 1. The van der Waals surface area contributed by atoms with Gasteiger partial charge in [-0.1, -0.05) is 0 Å². The third-order valence-corrected chi connectivity index (χ3v) is 1.96. The molecule has 0 aromatic heterocycles. The van der Waals surface area contributed by atoms with Crippen molar-refractivity contribution in [3.05, 3.63) is 23.5 Å². The van der Waals surface area contributed by atoms with E-state index in [2.05, 4.69) is 10.5 Å². The van der Waals surface area contributed by atoms with Crippen LogP contribution in [-0.4, -0.2) is 27.7 Å². The number of phenolic OH excluding ortho intramolecular Hbond substituents is 1. The van der Waals surface area contributed by atoms with Gasteiger partial charge in [-0.2, -0.15) is 10.4 Å².